The van der Waals surface area contributed by atoms with Gasteiger partial charge in [-0.2, -0.15) is 8.97 Å². The van der Waals surface area contributed by atoms with Crippen molar-refractivity contribution in [3.63, 3.8) is 0 Å². The zero-order chi connectivity index (χ0) is 19.7. The number of hydrogen-bond acceptors (Lipinski definition) is 4. The molecule has 0 aliphatic carbocycles. The molecule has 140 valence electrons. The highest BCUT2D eigenvalue weighted by molar-refractivity contribution is 6.30. The number of nitrogens with one attached hydrogen (secondary N) is 1. The molecule has 4 rings (SSSR count). The van der Waals surface area contributed by atoms with E-state index in [1.165, 1.54) is 12.3 Å². The lowest BCUT2D eigenvalue weighted by Gasteiger charge is -2.02. The van der Waals surface area contributed by atoms with E-state index < -0.39 is 5.91 Å². The van der Waals surface area contributed by atoms with Crippen LogP contribution in [-0.4, -0.2) is 25.4 Å². The van der Waals surface area contributed by atoms with Crippen molar-refractivity contribution in [3.05, 3.63) is 82.5 Å². The van der Waals surface area contributed by atoms with Crippen LogP contribution in [0.5, 0.6) is 5.88 Å². The molecule has 0 spiro atoms. The SMILES string of the molecule is O=C(Nc1cc(Cl)ccn1)c1c(O)[n+](Cc2ccc(Cl)nc2)c2ccccn12. The average molecular weight is 415 g/mol. The number of pyridine rings is 3. The molecular weight excluding hydrogens is 401 g/mol. The number of hydrogen-bond donors (Lipinski definition) is 2. The van der Waals surface area contributed by atoms with E-state index in [1.807, 2.05) is 12.1 Å². The number of rotatable bonds is 4. The lowest BCUT2D eigenvalue weighted by molar-refractivity contribution is -0.668. The number of fused-ring (bicyclic) bond motifs is 1. The molecule has 0 fully saturated rings. The summed E-state index contributed by atoms with van der Waals surface area (Å²) in [5, 5.41) is 14.3. The molecule has 4 heterocycles. The van der Waals surface area contributed by atoms with Gasteiger partial charge in [0, 0.05) is 29.0 Å². The minimum atomic E-state index is -0.513. The Balaban J connectivity index is 1.75. The first-order chi connectivity index (χ1) is 13.5. The molecule has 1 amide bonds. The van der Waals surface area contributed by atoms with E-state index in [0.29, 0.717) is 22.4 Å². The molecule has 0 unspecified atom stereocenters. The van der Waals surface area contributed by atoms with Crippen molar-refractivity contribution in [2.24, 2.45) is 0 Å². The fraction of sp³-hybridized carbons (Fsp3) is 0.0526. The number of imidazole rings is 1. The van der Waals surface area contributed by atoms with E-state index in [1.54, 1.807) is 45.6 Å². The second-order valence-corrected chi connectivity index (χ2v) is 6.81. The third-order valence-electron chi connectivity index (χ3n) is 4.13. The predicted molar refractivity (Wildman–Crippen MR) is 105 cm³/mol. The van der Waals surface area contributed by atoms with E-state index in [0.717, 1.165) is 5.56 Å². The maximum absolute atomic E-state index is 12.9. The number of anilines is 1. The van der Waals surface area contributed by atoms with E-state index in [-0.39, 0.29) is 17.4 Å². The molecule has 0 atom stereocenters. The molecule has 0 saturated heterocycles. The van der Waals surface area contributed by atoms with Crippen molar-refractivity contribution in [2.45, 2.75) is 6.54 Å². The zero-order valence-electron chi connectivity index (χ0n) is 14.4. The molecule has 0 radical (unpaired) electrons. The van der Waals surface area contributed by atoms with Crippen molar-refractivity contribution in [1.29, 1.82) is 0 Å². The first-order valence-electron chi connectivity index (χ1n) is 8.28. The van der Waals surface area contributed by atoms with Gasteiger partial charge in [-0.1, -0.05) is 35.3 Å². The van der Waals surface area contributed by atoms with E-state index in [9.17, 15) is 9.90 Å². The molecule has 0 bridgehead atoms. The van der Waals surface area contributed by atoms with Crippen LogP contribution in [0.15, 0.2) is 61.1 Å². The summed E-state index contributed by atoms with van der Waals surface area (Å²) in [6.07, 6.45) is 4.81. The predicted octanol–water partition coefficient (Wildman–Crippen LogP) is 3.33. The Hall–Kier alpha value is -3.16. The Morgan fingerprint density at radius 1 is 1.18 bits per heavy atom. The fourth-order valence-electron chi connectivity index (χ4n) is 2.89. The minimum Gasteiger partial charge on any atom is -0.474 e. The highest BCUT2D eigenvalue weighted by Crippen LogP contribution is 2.20. The monoisotopic (exact) mass is 414 g/mol. The van der Waals surface area contributed by atoms with Crippen molar-refractivity contribution < 1.29 is 14.5 Å². The summed E-state index contributed by atoms with van der Waals surface area (Å²) in [6.45, 7) is 0.312. The molecule has 4 aromatic rings. The zero-order valence-corrected chi connectivity index (χ0v) is 15.9. The number of nitrogens with zero attached hydrogens (tertiary/aromatic N) is 4. The molecule has 0 aliphatic heterocycles. The lowest BCUT2D eigenvalue weighted by Crippen LogP contribution is -2.33. The van der Waals surface area contributed by atoms with E-state index >= 15 is 0 Å². The van der Waals surface area contributed by atoms with Crippen LogP contribution in [0.3, 0.4) is 0 Å². The number of carbonyl (C=O) groups is 1. The van der Waals surface area contributed by atoms with Gasteiger partial charge in [-0.05, 0) is 24.3 Å². The number of amides is 1. The third kappa shape index (κ3) is 3.49. The topological polar surface area (TPSA) is 83.4 Å². The van der Waals surface area contributed by atoms with Crippen LogP contribution in [0, 0.1) is 0 Å². The van der Waals surface area contributed by atoms with Gasteiger partial charge in [-0.25, -0.2) is 9.97 Å². The number of carbonyl (C=O) groups excluding carboxylic acids is 1. The second kappa shape index (κ2) is 7.46. The van der Waals surface area contributed by atoms with Crippen LogP contribution in [-0.2, 0) is 6.54 Å². The largest absolute Gasteiger partial charge is 0.474 e. The third-order valence-corrected chi connectivity index (χ3v) is 4.59. The molecule has 7 nitrogen and oxygen atoms in total. The average Bonchev–Trinajstić information content (AvgIpc) is 2.95. The molecule has 0 saturated carbocycles. The quantitative estimate of drug-likeness (QED) is 0.396. The maximum Gasteiger partial charge on any atom is 0.337 e. The number of halogens is 2. The standard InChI is InChI=1S/C19H13Cl2N5O2/c20-13-6-7-22-15(9-13)24-18(27)17-19(28)26(16-3-1-2-8-25(16)17)11-12-4-5-14(21)23-10-12/h1-10H,11H2,(H-,22,24,27,28)/p+1. The molecule has 9 heteroatoms. The summed E-state index contributed by atoms with van der Waals surface area (Å²) in [7, 11) is 0. The first-order valence-corrected chi connectivity index (χ1v) is 9.04. The van der Waals surface area contributed by atoms with Crippen molar-refractivity contribution in [2.75, 3.05) is 5.32 Å². The summed E-state index contributed by atoms with van der Waals surface area (Å²) < 4.78 is 3.23. The summed E-state index contributed by atoms with van der Waals surface area (Å²) >= 11 is 11.8. The van der Waals surface area contributed by atoms with Crippen LogP contribution in [0.4, 0.5) is 5.82 Å². The van der Waals surface area contributed by atoms with Crippen LogP contribution in [0.2, 0.25) is 10.2 Å². The molecular formula is C19H14Cl2N5O2+. The first kappa shape index (κ1) is 18.2. The van der Waals surface area contributed by atoms with E-state index in [4.69, 9.17) is 23.2 Å². The molecule has 0 aromatic carbocycles. The number of aromatic hydroxyl groups is 1. The normalized spacial score (nSPS) is 10.9. The second-order valence-electron chi connectivity index (χ2n) is 5.99. The highest BCUT2D eigenvalue weighted by Gasteiger charge is 2.31. The minimum absolute atomic E-state index is 0.0827. The summed E-state index contributed by atoms with van der Waals surface area (Å²) in [5.41, 5.74) is 1.54. The smallest absolute Gasteiger partial charge is 0.337 e. The Labute approximate surface area is 169 Å². The van der Waals surface area contributed by atoms with Crippen LogP contribution < -0.4 is 9.88 Å². The van der Waals surface area contributed by atoms with Crippen molar-refractivity contribution in [3.8, 4) is 5.88 Å². The van der Waals surface area contributed by atoms with Gasteiger partial charge in [0.25, 0.3) is 11.3 Å². The van der Waals surface area contributed by atoms with Crippen LogP contribution in [0.25, 0.3) is 5.65 Å². The number of aromatic nitrogens is 4. The van der Waals surface area contributed by atoms with Crippen molar-refractivity contribution in [1.82, 2.24) is 14.4 Å². The summed E-state index contributed by atoms with van der Waals surface area (Å²) in [5.74, 6) is -0.404. The maximum atomic E-state index is 12.9. The molecule has 2 N–H and O–H groups in total. The Bertz CT molecular complexity index is 1170. The van der Waals surface area contributed by atoms with Gasteiger partial charge < -0.3 is 10.4 Å². The summed E-state index contributed by atoms with van der Waals surface area (Å²) in [6, 6.07) is 12.0. The van der Waals surface area contributed by atoms with E-state index in [2.05, 4.69) is 15.3 Å². The van der Waals surface area contributed by atoms with Gasteiger partial charge in [0.05, 0.1) is 6.20 Å². The van der Waals surface area contributed by atoms with Gasteiger partial charge in [0.1, 0.15) is 17.5 Å². The molecule has 28 heavy (non-hydrogen) atoms. The van der Waals surface area contributed by atoms with Crippen LogP contribution >= 0.6 is 23.2 Å². The van der Waals surface area contributed by atoms with Gasteiger partial charge >= 0.3 is 11.8 Å². The fourth-order valence-corrected chi connectivity index (χ4v) is 3.16. The Morgan fingerprint density at radius 3 is 2.79 bits per heavy atom. The van der Waals surface area contributed by atoms with Crippen LogP contribution in [0.1, 0.15) is 16.1 Å². The highest BCUT2D eigenvalue weighted by atomic mass is 35.5. The Kier molecular flexibility index (Phi) is 4.85. The summed E-state index contributed by atoms with van der Waals surface area (Å²) in [4.78, 5) is 21.0. The van der Waals surface area contributed by atoms with Crippen molar-refractivity contribution >= 4 is 40.6 Å². The molecule has 4 aromatic heterocycles. The van der Waals surface area contributed by atoms with Gasteiger partial charge in [0.15, 0.2) is 0 Å². The van der Waals surface area contributed by atoms with Gasteiger partial charge in [0.2, 0.25) is 0 Å². The Morgan fingerprint density at radius 2 is 2.04 bits per heavy atom. The van der Waals surface area contributed by atoms with Gasteiger partial charge in [-0.3, -0.25) is 4.79 Å². The molecule has 0 aliphatic rings. The lowest BCUT2D eigenvalue weighted by atomic mass is 10.3. The van der Waals surface area contributed by atoms with Gasteiger partial charge in [-0.15, -0.1) is 0 Å².